The van der Waals surface area contributed by atoms with Crippen molar-refractivity contribution in [3.8, 4) is 0 Å². The Kier molecular flexibility index (Phi) is 2.99. The normalized spacial score (nSPS) is 18.5. The van der Waals surface area contributed by atoms with Crippen LogP contribution < -0.4 is 10.6 Å². The Hall–Kier alpha value is -2.23. The summed E-state index contributed by atoms with van der Waals surface area (Å²) in [4.78, 5) is 12.2. The zero-order valence-corrected chi connectivity index (χ0v) is 10.7. The van der Waals surface area contributed by atoms with Gasteiger partial charge in [0.05, 0.1) is 12.3 Å². The number of hydrogen-bond acceptors (Lipinski definition) is 3. The van der Waals surface area contributed by atoms with Crippen molar-refractivity contribution >= 4 is 11.6 Å². The van der Waals surface area contributed by atoms with Gasteiger partial charge in [0.1, 0.15) is 11.8 Å². The van der Waals surface area contributed by atoms with E-state index in [-0.39, 0.29) is 18.0 Å². The maximum Gasteiger partial charge on any atom is 0.243 e. The average molecular weight is 256 g/mol. The van der Waals surface area contributed by atoms with Gasteiger partial charge >= 0.3 is 0 Å². The van der Waals surface area contributed by atoms with Crippen molar-refractivity contribution in [2.45, 2.75) is 25.4 Å². The maximum atomic E-state index is 12.2. The molecule has 2 N–H and O–H groups in total. The van der Waals surface area contributed by atoms with Crippen molar-refractivity contribution in [1.29, 1.82) is 0 Å². The fourth-order valence-electron chi connectivity index (χ4n) is 2.38. The number of hydrogen-bond donors (Lipinski definition) is 2. The summed E-state index contributed by atoms with van der Waals surface area (Å²) in [5, 5.41) is 6.21. The monoisotopic (exact) mass is 256 g/mol. The average Bonchev–Trinajstić information content (AvgIpc) is 3.07. The number of anilines is 1. The second-order valence-corrected chi connectivity index (χ2v) is 4.80. The number of rotatable bonds is 3. The van der Waals surface area contributed by atoms with E-state index in [4.69, 9.17) is 4.42 Å². The van der Waals surface area contributed by atoms with Crippen LogP contribution in [0.4, 0.5) is 5.69 Å². The summed E-state index contributed by atoms with van der Waals surface area (Å²) in [7, 11) is 0. The lowest BCUT2D eigenvalue weighted by Gasteiger charge is -2.16. The van der Waals surface area contributed by atoms with Crippen LogP contribution in [0.5, 0.6) is 0 Å². The van der Waals surface area contributed by atoms with E-state index in [0.717, 1.165) is 17.9 Å². The second kappa shape index (κ2) is 4.80. The number of furan rings is 1. The van der Waals surface area contributed by atoms with Crippen LogP contribution in [0, 0.1) is 0 Å². The van der Waals surface area contributed by atoms with Gasteiger partial charge in [0.25, 0.3) is 0 Å². The summed E-state index contributed by atoms with van der Waals surface area (Å²) in [6.45, 7) is 1.92. The topological polar surface area (TPSA) is 54.3 Å². The summed E-state index contributed by atoms with van der Waals surface area (Å²) in [5.41, 5.74) is 2.24. The van der Waals surface area contributed by atoms with E-state index in [0.29, 0.717) is 0 Å². The molecular weight excluding hydrogens is 240 g/mol. The molecule has 2 atom stereocenters. The van der Waals surface area contributed by atoms with Crippen LogP contribution in [0.2, 0.25) is 0 Å². The molecule has 0 saturated carbocycles. The number of carbonyl (C=O) groups excluding carboxylic acids is 1. The van der Waals surface area contributed by atoms with E-state index < -0.39 is 0 Å². The van der Waals surface area contributed by atoms with E-state index in [1.54, 1.807) is 6.26 Å². The molecule has 3 rings (SSSR count). The minimum atomic E-state index is -0.199. The predicted octanol–water partition coefficient (Wildman–Crippen LogP) is 2.49. The van der Waals surface area contributed by atoms with Gasteiger partial charge in [-0.05, 0) is 30.7 Å². The molecule has 2 aromatic rings. The Morgan fingerprint density at radius 1 is 1.37 bits per heavy atom. The highest BCUT2D eigenvalue weighted by Crippen LogP contribution is 2.25. The highest BCUT2D eigenvalue weighted by atomic mass is 16.3. The summed E-state index contributed by atoms with van der Waals surface area (Å²) >= 11 is 0. The minimum absolute atomic E-state index is 0.0000926. The summed E-state index contributed by atoms with van der Waals surface area (Å²) in [5.74, 6) is 0.768. The van der Waals surface area contributed by atoms with Crippen molar-refractivity contribution < 1.29 is 9.21 Å². The van der Waals surface area contributed by atoms with Crippen LogP contribution in [0.25, 0.3) is 0 Å². The Bertz CT molecular complexity index is 553. The highest BCUT2D eigenvalue weighted by Gasteiger charge is 2.27. The van der Waals surface area contributed by atoms with Crippen LogP contribution in [0.15, 0.2) is 47.1 Å². The van der Waals surface area contributed by atoms with Crippen LogP contribution in [0.3, 0.4) is 0 Å². The highest BCUT2D eigenvalue weighted by molar-refractivity contribution is 5.87. The van der Waals surface area contributed by atoms with Gasteiger partial charge in [-0.25, -0.2) is 0 Å². The van der Waals surface area contributed by atoms with Crippen LogP contribution in [-0.2, 0) is 11.2 Å². The standard InChI is InChI=1S/C15H16N2O2/c1-10(14-7-4-8-19-14)16-15(18)13-9-11-5-2-3-6-12(11)17-13/h2-8,10,13,17H,9H2,1H3,(H,16,18). The molecular formula is C15H16N2O2. The molecule has 2 heterocycles. The molecule has 0 spiro atoms. The molecule has 0 radical (unpaired) electrons. The number of nitrogens with one attached hydrogen (secondary N) is 2. The van der Waals surface area contributed by atoms with Gasteiger partial charge in [-0.3, -0.25) is 4.79 Å². The maximum absolute atomic E-state index is 12.2. The third-order valence-electron chi connectivity index (χ3n) is 3.42. The van der Waals surface area contributed by atoms with Crippen LogP contribution >= 0.6 is 0 Å². The smallest absolute Gasteiger partial charge is 0.243 e. The first kappa shape index (κ1) is 11.8. The van der Waals surface area contributed by atoms with Crippen molar-refractivity contribution in [1.82, 2.24) is 5.32 Å². The lowest BCUT2D eigenvalue weighted by molar-refractivity contribution is -0.122. The van der Waals surface area contributed by atoms with Crippen LogP contribution in [-0.4, -0.2) is 11.9 Å². The molecule has 1 aromatic carbocycles. The quantitative estimate of drug-likeness (QED) is 0.887. The van der Waals surface area contributed by atoms with Gasteiger partial charge in [0.15, 0.2) is 0 Å². The first-order valence-electron chi connectivity index (χ1n) is 6.42. The van der Waals surface area contributed by atoms with Gasteiger partial charge in [-0.2, -0.15) is 0 Å². The zero-order chi connectivity index (χ0) is 13.2. The molecule has 0 aliphatic carbocycles. The first-order valence-corrected chi connectivity index (χ1v) is 6.42. The third-order valence-corrected chi connectivity index (χ3v) is 3.42. The fraction of sp³-hybridized carbons (Fsp3) is 0.267. The predicted molar refractivity (Wildman–Crippen MR) is 72.8 cm³/mol. The van der Waals surface area contributed by atoms with E-state index in [9.17, 15) is 4.79 Å². The summed E-state index contributed by atoms with van der Waals surface area (Å²) in [6.07, 6.45) is 2.34. The largest absolute Gasteiger partial charge is 0.467 e. The Labute approximate surface area is 111 Å². The van der Waals surface area contributed by atoms with Gasteiger partial charge in [0, 0.05) is 12.1 Å². The number of benzene rings is 1. The van der Waals surface area contributed by atoms with Crippen molar-refractivity contribution in [3.05, 3.63) is 54.0 Å². The van der Waals surface area contributed by atoms with Gasteiger partial charge in [0.2, 0.25) is 5.91 Å². The third kappa shape index (κ3) is 2.34. The molecule has 4 nitrogen and oxygen atoms in total. The first-order chi connectivity index (χ1) is 9.24. The molecule has 0 fully saturated rings. The lowest BCUT2D eigenvalue weighted by atomic mass is 10.1. The van der Waals surface area contributed by atoms with E-state index >= 15 is 0 Å². The Morgan fingerprint density at radius 3 is 2.95 bits per heavy atom. The minimum Gasteiger partial charge on any atom is -0.467 e. The van der Waals surface area contributed by atoms with Crippen molar-refractivity contribution in [3.63, 3.8) is 0 Å². The van der Waals surface area contributed by atoms with Crippen molar-refractivity contribution in [2.75, 3.05) is 5.32 Å². The Morgan fingerprint density at radius 2 is 2.21 bits per heavy atom. The number of para-hydroxylation sites is 1. The zero-order valence-electron chi connectivity index (χ0n) is 10.7. The molecule has 1 aromatic heterocycles. The molecule has 4 heteroatoms. The molecule has 2 unspecified atom stereocenters. The number of amides is 1. The van der Waals surface area contributed by atoms with Gasteiger partial charge in [-0.15, -0.1) is 0 Å². The SMILES string of the molecule is CC(NC(=O)C1Cc2ccccc2N1)c1ccco1. The van der Waals surface area contributed by atoms with Crippen LogP contribution in [0.1, 0.15) is 24.3 Å². The van der Waals surface area contributed by atoms with E-state index in [2.05, 4.69) is 10.6 Å². The fourth-order valence-corrected chi connectivity index (χ4v) is 2.38. The second-order valence-electron chi connectivity index (χ2n) is 4.80. The number of fused-ring (bicyclic) bond motifs is 1. The van der Waals surface area contributed by atoms with Gasteiger partial charge in [-0.1, -0.05) is 18.2 Å². The lowest BCUT2D eigenvalue weighted by Crippen LogP contribution is -2.39. The molecule has 1 aliphatic rings. The summed E-state index contributed by atoms with van der Waals surface area (Å²) in [6, 6.07) is 11.4. The molecule has 1 amide bonds. The Balaban J connectivity index is 1.64. The number of carbonyl (C=O) groups is 1. The molecule has 98 valence electrons. The summed E-state index contributed by atoms with van der Waals surface area (Å²) < 4.78 is 5.29. The van der Waals surface area contributed by atoms with E-state index in [1.807, 2.05) is 43.3 Å². The van der Waals surface area contributed by atoms with Crippen molar-refractivity contribution in [2.24, 2.45) is 0 Å². The van der Waals surface area contributed by atoms with E-state index in [1.165, 1.54) is 5.56 Å². The molecule has 0 saturated heterocycles. The van der Waals surface area contributed by atoms with Gasteiger partial charge < -0.3 is 15.1 Å². The molecule has 1 aliphatic heterocycles. The molecule has 19 heavy (non-hydrogen) atoms. The molecule has 0 bridgehead atoms.